The summed E-state index contributed by atoms with van der Waals surface area (Å²) in [4.78, 5) is 27.4. The summed E-state index contributed by atoms with van der Waals surface area (Å²) < 4.78 is 0. The van der Waals surface area contributed by atoms with Crippen molar-refractivity contribution in [2.24, 2.45) is 0 Å². The van der Waals surface area contributed by atoms with Crippen molar-refractivity contribution in [3.05, 3.63) is 57.6 Å². The quantitative estimate of drug-likeness (QED) is 0.755. The Hall–Kier alpha value is -2.08. The van der Waals surface area contributed by atoms with Crippen molar-refractivity contribution >= 4 is 46.3 Å². The van der Waals surface area contributed by atoms with Crippen LogP contribution in [0.1, 0.15) is 35.2 Å². The minimum Gasteiger partial charge on any atom is -0.375 e. The molecule has 0 bridgehead atoms. The second-order valence-electron chi connectivity index (χ2n) is 6.93. The van der Waals surface area contributed by atoms with Gasteiger partial charge in [-0.2, -0.15) is 0 Å². The van der Waals surface area contributed by atoms with Crippen LogP contribution in [0.2, 0.25) is 10.0 Å². The first kappa shape index (κ1) is 18.3. The van der Waals surface area contributed by atoms with Crippen LogP contribution < -0.4 is 10.2 Å². The van der Waals surface area contributed by atoms with E-state index in [9.17, 15) is 14.7 Å². The molecule has 140 valence electrons. The van der Waals surface area contributed by atoms with Crippen molar-refractivity contribution in [1.29, 1.82) is 0 Å². The number of nitrogens with zero attached hydrogens (tertiary/aromatic N) is 1. The van der Waals surface area contributed by atoms with Crippen LogP contribution in [0.4, 0.5) is 11.4 Å². The molecule has 2 heterocycles. The van der Waals surface area contributed by atoms with E-state index >= 15 is 0 Å². The third-order valence-corrected chi connectivity index (χ3v) is 5.84. The van der Waals surface area contributed by atoms with Gasteiger partial charge in [0, 0.05) is 34.9 Å². The molecule has 0 radical (unpaired) electrons. The standard InChI is InChI=1S/C20H18Cl2N2O3/c21-14-7-8-15(22)18-17(14)20(27,19(26)23-18)11-16(25)12-3-5-13(6-4-12)24-9-1-2-10-24/h3-8,27H,1-2,9-11H2,(H,23,26)/t20-/m0/s1. The number of benzene rings is 2. The van der Waals surface area contributed by atoms with Crippen LogP contribution in [0.3, 0.4) is 0 Å². The van der Waals surface area contributed by atoms with Crippen molar-refractivity contribution in [1.82, 2.24) is 0 Å². The zero-order valence-electron chi connectivity index (χ0n) is 14.5. The van der Waals surface area contributed by atoms with E-state index in [1.807, 2.05) is 12.1 Å². The number of hydrogen-bond donors (Lipinski definition) is 2. The van der Waals surface area contributed by atoms with E-state index in [4.69, 9.17) is 23.2 Å². The van der Waals surface area contributed by atoms with Crippen molar-refractivity contribution in [3.63, 3.8) is 0 Å². The minimum absolute atomic E-state index is 0.156. The van der Waals surface area contributed by atoms with Gasteiger partial charge in [0.2, 0.25) is 0 Å². The van der Waals surface area contributed by atoms with E-state index < -0.39 is 17.9 Å². The fourth-order valence-electron chi connectivity index (χ4n) is 3.75. The average Bonchev–Trinajstić information content (AvgIpc) is 3.27. The van der Waals surface area contributed by atoms with Crippen molar-refractivity contribution in [2.75, 3.05) is 23.3 Å². The number of rotatable bonds is 4. The van der Waals surface area contributed by atoms with Gasteiger partial charge in [0.25, 0.3) is 5.91 Å². The first-order chi connectivity index (χ1) is 12.9. The predicted octanol–water partition coefficient (Wildman–Crippen LogP) is 4.01. The predicted molar refractivity (Wildman–Crippen MR) is 106 cm³/mol. The van der Waals surface area contributed by atoms with E-state index in [2.05, 4.69) is 10.2 Å². The number of anilines is 2. The highest BCUT2D eigenvalue weighted by Gasteiger charge is 2.49. The van der Waals surface area contributed by atoms with Crippen molar-refractivity contribution < 1.29 is 14.7 Å². The summed E-state index contributed by atoms with van der Waals surface area (Å²) in [5.41, 5.74) is -0.118. The van der Waals surface area contributed by atoms with Crippen LogP contribution in [0.5, 0.6) is 0 Å². The molecular formula is C20H18Cl2N2O3. The highest BCUT2D eigenvalue weighted by Crippen LogP contribution is 2.46. The van der Waals surface area contributed by atoms with Crippen LogP contribution in [-0.2, 0) is 10.4 Å². The molecule has 0 aliphatic carbocycles. The molecule has 0 spiro atoms. The fraction of sp³-hybridized carbons (Fsp3) is 0.300. The smallest absolute Gasteiger partial charge is 0.261 e. The lowest BCUT2D eigenvalue weighted by Crippen LogP contribution is -2.36. The number of fused-ring (bicyclic) bond motifs is 1. The largest absolute Gasteiger partial charge is 0.375 e. The average molecular weight is 405 g/mol. The molecule has 2 aliphatic rings. The van der Waals surface area contributed by atoms with Gasteiger partial charge in [-0.05, 0) is 49.2 Å². The zero-order valence-corrected chi connectivity index (χ0v) is 16.0. The summed E-state index contributed by atoms with van der Waals surface area (Å²) in [7, 11) is 0. The number of aliphatic hydroxyl groups is 1. The van der Waals surface area contributed by atoms with Gasteiger partial charge in [-0.3, -0.25) is 9.59 Å². The number of amides is 1. The zero-order chi connectivity index (χ0) is 19.2. The first-order valence-electron chi connectivity index (χ1n) is 8.81. The molecule has 0 aromatic heterocycles. The number of carbonyl (C=O) groups is 2. The topological polar surface area (TPSA) is 69.6 Å². The van der Waals surface area contributed by atoms with Gasteiger partial charge in [-0.15, -0.1) is 0 Å². The number of ketones is 1. The third kappa shape index (κ3) is 3.10. The maximum absolute atomic E-state index is 12.8. The molecule has 1 amide bonds. The van der Waals surface area contributed by atoms with E-state index in [1.165, 1.54) is 25.0 Å². The highest BCUT2D eigenvalue weighted by atomic mass is 35.5. The normalized spacial score (nSPS) is 21.3. The van der Waals surface area contributed by atoms with Gasteiger partial charge < -0.3 is 15.3 Å². The van der Waals surface area contributed by atoms with Gasteiger partial charge in [0.1, 0.15) is 0 Å². The van der Waals surface area contributed by atoms with Gasteiger partial charge in [0.05, 0.1) is 17.1 Å². The van der Waals surface area contributed by atoms with Gasteiger partial charge in [-0.25, -0.2) is 0 Å². The Kier molecular flexibility index (Phi) is 4.62. The van der Waals surface area contributed by atoms with E-state index in [0.29, 0.717) is 5.56 Å². The SMILES string of the molecule is O=C(C[C@@]1(O)C(=O)Nc2c(Cl)ccc(Cl)c21)c1ccc(N2CCCC2)cc1. The highest BCUT2D eigenvalue weighted by molar-refractivity contribution is 6.38. The van der Waals surface area contributed by atoms with Gasteiger partial charge in [0.15, 0.2) is 11.4 Å². The van der Waals surface area contributed by atoms with Gasteiger partial charge in [-0.1, -0.05) is 23.2 Å². The third-order valence-electron chi connectivity index (χ3n) is 5.21. The number of carbonyl (C=O) groups excluding carboxylic acids is 2. The molecular weight excluding hydrogens is 387 g/mol. The molecule has 1 fully saturated rings. The fourth-order valence-corrected chi connectivity index (χ4v) is 4.26. The maximum Gasteiger partial charge on any atom is 0.261 e. The summed E-state index contributed by atoms with van der Waals surface area (Å²) in [5.74, 6) is -1.04. The van der Waals surface area contributed by atoms with Crippen LogP contribution in [0.25, 0.3) is 0 Å². The van der Waals surface area contributed by atoms with E-state index in [1.54, 1.807) is 12.1 Å². The summed E-state index contributed by atoms with van der Waals surface area (Å²) in [6.45, 7) is 2.03. The molecule has 2 aromatic rings. The Labute approximate surface area is 166 Å². The Morgan fingerprint density at radius 3 is 2.37 bits per heavy atom. The van der Waals surface area contributed by atoms with Crippen molar-refractivity contribution in [3.8, 4) is 0 Å². The maximum atomic E-state index is 12.8. The molecule has 4 rings (SSSR count). The molecule has 27 heavy (non-hydrogen) atoms. The van der Waals surface area contributed by atoms with Crippen LogP contribution in [-0.4, -0.2) is 29.9 Å². The van der Waals surface area contributed by atoms with Crippen molar-refractivity contribution in [2.45, 2.75) is 24.9 Å². The Balaban J connectivity index is 1.60. The summed E-state index contributed by atoms with van der Waals surface area (Å²) >= 11 is 12.3. The molecule has 1 saturated heterocycles. The lowest BCUT2D eigenvalue weighted by molar-refractivity contribution is -0.133. The summed E-state index contributed by atoms with van der Waals surface area (Å²) in [6, 6.07) is 10.3. The molecule has 1 atom stereocenters. The Morgan fingerprint density at radius 1 is 1.07 bits per heavy atom. The number of hydrogen-bond acceptors (Lipinski definition) is 4. The van der Waals surface area contributed by atoms with Crippen LogP contribution >= 0.6 is 23.2 Å². The molecule has 5 nitrogen and oxygen atoms in total. The van der Waals surface area contributed by atoms with Crippen LogP contribution in [0, 0.1) is 0 Å². The molecule has 0 saturated carbocycles. The molecule has 2 N–H and O–H groups in total. The van der Waals surface area contributed by atoms with Crippen LogP contribution in [0.15, 0.2) is 36.4 Å². The number of halogens is 2. The second-order valence-corrected chi connectivity index (χ2v) is 7.75. The second kappa shape index (κ2) is 6.82. The minimum atomic E-state index is -2.04. The molecule has 7 heteroatoms. The molecule has 2 aromatic carbocycles. The molecule has 0 unspecified atom stereocenters. The van der Waals surface area contributed by atoms with E-state index in [0.717, 1.165) is 18.8 Å². The first-order valence-corrected chi connectivity index (χ1v) is 9.56. The van der Waals surface area contributed by atoms with Gasteiger partial charge >= 0.3 is 0 Å². The lowest BCUT2D eigenvalue weighted by Gasteiger charge is -2.21. The van der Waals surface area contributed by atoms with E-state index in [-0.39, 0.29) is 27.1 Å². The summed E-state index contributed by atoms with van der Waals surface area (Å²) in [5, 5.41) is 14.0. The number of nitrogens with one attached hydrogen (secondary N) is 1. The lowest BCUT2D eigenvalue weighted by atomic mass is 9.88. The summed E-state index contributed by atoms with van der Waals surface area (Å²) in [6.07, 6.45) is 1.94. The molecule has 2 aliphatic heterocycles. The monoisotopic (exact) mass is 404 g/mol. The number of Topliss-reactive ketones (excluding diaryl/α,β-unsaturated/α-hetero) is 1. The Bertz CT molecular complexity index is 924. The Morgan fingerprint density at radius 2 is 1.70 bits per heavy atom.